The number of fused-ring (bicyclic) bond motifs is 2. The number of rotatable bonds is 0. The summed E-state index contributed by atoms with van der Waals surface area (Å²) >= 11 is 0. The zero-order valence-electron chi connectivity index (χ0n) is 13.3. The zero-order valence-corrected chi connectivity index (χ0v) is 13.3. The number of hydrogen-bond acceptors (Lipinski definition) is 5. The van der Waals surface area contributed by atoms with E-state index in [0.29, 0.717) is 17.9 Å². The van der Waals surface area contributed by atoms with Crippen LogP contribution in [0.2, 0.25) is 0 Å². The molecule has 5 heteroatoms. The maximum atomic E-state index is 12.4. The molecule has 1 saturated carbocycles. The highest BCUT2D eigenvalue weighted by Gasteiger charge is 2.55. The molecule has 1 aliphatic heterocycles. The summed E-state index contributed by atoms with van der Waals surface area (Å²) in [6, 6.07) is 11.4. The van der Waals surface area contributed by atoms with Crippen LogP contribution in [0.4, 0.5) is 0 Å². The molecule has 2 atom stereocenters. The summed E-state index contributed by atoms with van der Waals surface area (Å²) in [5.74, 6) is -1.16. The Labute approximate surface area is 143 Å². The number of benzene rings is 2. The minimum atomic E-state index is -1.35. The lowest BCUT2D eigenvalue weighted by Crippen LogP contribution is -2.57. The highest BCUT2D eigenvalue weighted by molar-refractivity contribution is 5.99. The Bertz CT molecular complexity index is 930. The molecule has 25 heavy (non-hydrogen) atoms. The van der Waals surface area contributed by atoms with Gasteiger partial charge in [0, 0.05) is 12.5 Å². The molecular weight excluding hydrogens is 320 g/mol. The highest BCUT2D eigenvalue weighted by atomic mass is 16.7. The summed E-state index contributed by atoms with van der Waals surface area (Å²) in [5, 5.41) is 22.7. The average Bonchev–Trinajstić information content (AvgIpc) is 2.61. The third-order valence-electron chi connectivity index (χ3n) is 5.21. The molecule has 5 rings (SSSR count). The number of aliphatic hydroxyl groups excluding tert-OH is 2. The number of allylic oxidation sites excluding steroid dienone is 1. The first-order valence-corrected chi connectivity index (χ1v) is 8.32. The quantitative estimate of drug-likeness (QED) is 0.773. The second-order valence-corrected chi connectivity index (χ2v) is 6.68. The molecule has 0 bridgehead atoms. The summed E-state index contributed by atoms with van der Waals surface area (Å²) in [7, 11) is 0. The fourth-order valence-electron chi connectivity index (χ4n) is 4.11. The molecule has 1 heterocycles. The van der Waals surface area contributed by atoms with Crippen molar-refractivity contribution in [2.45, 2.75) is 24.7 Å². The number of ketones is 1. The van der Waals surface area contributed by atoms with E-state index in [9.17, 15) is 15.0 Å². The van der Waals surface area contributed by atoms with Gasteiger partial charge in [-0.1, -0.05) is 24.3 Å². The molecule has 1 fully saturated rings. The second kappa shape index (κ2) is 4.86. The number of ether oxygens (including phenoxy) is 2. The van der Waals surface area contributed by atoms with E-state index in [1.807, 2.05) is 36.4 Å². The summed E-state index contributed by atoms with van der Waals surface area (Å²) in [6.07, 6.45) is 2.69. The summed E-state index contributed by atoms with van der Waals surface area (Å²) < 4.78 is 12.4. The summed E-state index contributed by atoms with van der Waals surface area (Å²) in [4.78, 5) is 12.4. The van der Waals surface area contributed by atoms with Gasteiger partial charge in [0.1, 0.15) is 17.3 Å². The predicted octanol–water partition coefficient (Wildman–Crippen LogP) is 3.03. The van der Waals surface area contributed by atoms with E-state index in [0.717, 1.165) is 10.8 Å². The molecule has 0 radical (unpaired) electrons. The summed E-state index contributed by atoms with van der Waals surface area (Å²) in [6.45, 7) is 0. The van der Waals surface area contributed by atoms with E-state index in [2.05, 4.69) is 0 Å². The Hall–Kier alpha value is -2.79. The standard InChI is InChI=1S/C20H16O5/c21-12-7-8-14(23)19-18(12)13(22)9-10-20(19)24-15-5-1-3-11-4-2-6-16(25-20)17(11)15/h1-6,9-10,14,19,22-23H,7-8H2/t14-,19-/m1/s1. The van der Waals surface area contributed by atoms with Crippen LogP contribution < -0.4 is 9.47 Å². The fraction of sp³-hybridized carbons (Fsp3) is 0.250. The average molecular weight is 336 g/mol. The maximum absolute atomic E-state index is 12.4. The molecule has 2 aromatic carbocycles. The number of hydrogen-bond donors (Lipinski definition) is 2. The third kappa shape index (κ3) is 1.90. The normalized spacial score (nSPS) is 26.4. The van der Waals surface area contributed by atoms with Crippen molar-refractivity contribution < 1.29 is 24.5 Å². The molecule has 2 aromatic rings. The smallest absolute Gasteiger partial charge is 0.281 e. The van der Waals surface area contributed by atoms with Gasteiger partial charge in [0.05, 0.1) is 23.0 Å². The monoisotopic (exact) mass is 336 g/mol. The van der Waals surface area contributed by atoms with Crippen LogP contribution in [0.25, 0.3) is 10.8 Å². The molecule has 0 aromatic heterocycles. The largest absolute Gasteiger partial charge is 0.508 e. The third-order valence-corrected chi connectivity index (χ3v) is 5.21. The van der Waals surface area contributed by atoms with E-state index in [4.69, 9.17) is 9.47 Å². The fourth-order valence-corrected chi connectivity index (χ4v) is 4.11. The molecule has 2 N–H and O–H groups in total. The first kappa shape index (κ1) is 14.5. The molecule has 126 valence electrons. The van der Waals surface area contributed by atoms with Gasteiger partial charge in [-0.3, -0.25) is 4.79 Å². The minimum Gasteiger partial charge on any atom is -0.508 e. The van der Waals surface area contributed by atoms with E-state index in [1.165, 1.54) is 6.08 Å². The molecule has 0 amide bonds. The van der Waals surface area contributed by atoms with Gasteiger partial charge in [-0.15, -0.1) is 0 Å². The number of Topliss-reactive ketones (excluding diaryl/α,β-unsaturated/α-hetero) is 1. The van der Waals surface area contributed by atoms with Crippen LogP contribution in [0.15, 0.2) is 59.9 Å². The van der Waals surface area contributed by atoms with E-state index in [1.54, 1.807) is 6.08 Å². The number of carbonyl (C=O) groups excluding carboxylic acids is 1. The highest BCUT2D eigenvalue weighted by Crippen LogP contribution is 2.49. The molecule has 2 aliphatic carbocycles. The van der Waals surface area contributed by atoms with E-state index < -0.39 is 17.8 Å². The predicted molar refractivity (Wildman–Crippen MR) is 90.5 cm³/mol. The Morgan fingerprint density at radius 1 is 1.08 bits per heavy atom. The second-order valence-electron chi connectivity index (χ2n) is 6.68. The Kier molecular flexibility index (Phi) is 2.83. The summed E-state index contributed by atoms with van der Waals surface area (Å²) in [5.41, 5.74) is 0.188. The first-order valence-electron chi connectivity index (χ1n) is 8.32. The van der Waals surface area contributed by atoms with Crippen LogP contribution in [0, 0.1) is 5.92 Å². The Morgan fingerprint density at radius 2 is 1.76 bits per heavy atom. The van der Waals surface area contributed by atoms with Crippen molar-refractivity contribution in [1.82, 2.24) is 0 Å². The van der Waals surface area contributed by atoms with Crippen LogP contribution in [0.5, 0.6) is 11.5 Å². The van der Waals surface area contributed by atoms with Gasteiger partial charge in [0.2, 0.25) is 0 Å². The van der Waals surface area contributed by atoms with Crippen molar-refractivity contribution in [3.05, 3.63) is 59.9 Å². The van der Waals surface area contributed by atoms with Crippen LogP contribution >= 0.6 is 0 Å². The van der Waals surface area contributed by atoms with E-state index >= 15 is 0 Å². The van der Waals surface area contributed by atoms with Gasteiger partial charge in [-0.05, 0) is 30.0 Å². The van der Waals surface area contributed by atoms with Gasteiger partial charge in [0.25, 0.3) is 5.79 Å². The maximum Gasteiger partial charge on any atom is 0.281 e. The Morgan fingerprint density at radius 3 is 2.44 bits per heavy atom. The van der Waals surface area contributed by atoms with Gasteiger partial charge in [0.15, 0.2) is 5.78 Å². The zero-order chi connectivity index (χ0) is 17.2. The van der Waals surface area contributed by atoms with Crippen molar-refractivity contribution in [3.8, 4) is 11.5 Å². The minimum absolute atomic E-state index is 0.122. The molecule has 3 aliphatic rings. The lowest BCUT2D eigenvalue weighted by molar-refractivity contribution is -0.153. The van der Waals surface area contributed by atoms with Gasteiger partial charge >= 0.3 is 0 Å². The first-order chi connectivity index (χ1) is 12.1. The van der Waals surface area contributed by atoms with Crippen molar-refractivity contribution >= 4 is 16.6 Å². The van der Waals surface area contributed by atoms with Crippen molar-refractivity contribution in [2.75, 3.05) is 0 Å². The SMILES string of the molecule is O=C1CC[C@@H](O)[C@@H]2C1=C(O)C=CC21Oc2cccc3cccc(c23)O1. The molecule has 0 unspecified atom stereocenters. The van der Waals surface area contributed by atoms with Gasteiger partial charge < -0.3 is 19.7 Å². The lowest BCUT2D eigenvalue weighted by Gasteiger charge is -2.46. The topological polar surface area (TPSA) is 76.0 Å². The van der Waals surface area contributed by atoms with Crippen LogP contribution in [0.1, 0.15) is 12.8 Å². The lowest BCUT2D eigenvalue weighted by atomic mass is 9.72. The van der Waals surface area contributed by atoms with Gasteiger partial charge in [-0.2, -0.15) is 0 Å². The van der Waals surface area contributed by atoms with Crippen LogP contribution in [-0.2, 0) is 4.79 Å². The molecular formula is C20H16O5. The molecule has 5 nitrogen and oxygen atoms in total. The number of aliphatic hydroxyl groups is 2. The van der Waals surface area contributed by atoms with E-state index in [-0.39, 0.29) is 23.5 Å². The van der Waals surface area contributed by atoms with Crippen molar-refractivity contribution in [3.63, 3.8) is 0 Å². The van der Waals surface area contributed by atoms with Crippen molar-refractivity contribution in [2.24, 2.45) is 5.92 Å². The van der Waals surface area contributed by atoms with Crippen molar-refractivity contribution in [1.29, 1.82) is 0 Å². The van der Waals surface area contributed by atoms with Gasteiger partial charge in [-0.25, -0.2) is 0 Å². The molecule has 1 spiro atoms. The van der Waals surface area contributed by atoms with Crippen LogP contribution in [-0.4, -0.2) is 27.9 Å². The number of carbonyl (C=O) groups is 1. The molecule has 0 saturated heterocycles. The Balaban J connectivity index is 1.70. The van der Waals surface area contributed by atoms with Crippen LogP contribution in [0.3, 0.4) is 0 Å².